The van der Waals surface area contributed by atoms with Crippen molar-refractivity contribution < 1.29 is 23.8 Å². The zero-order valence-corrected chi connectivity index (χ0v) is 13.2. The summed E-state index contributed by atoms with van der Waals surface area (Å²) in [5.74, 6) is -1.29. The molecule has 0 fully saturated rings. The third-order valence-electron chi connectivity index (χ3n) is 2.43. The lowest BCUT2D eigenvalue weighted by atomic mass is 10.1. The summed E-state index contributed by atoms with van der Waals surface area (Å²) < 4.78 is 14.4. The zero-order valence-electron chi connectivity index (χ0n) is 11.7. The highest BCUT2D eigenvalue weighted by Crippen LogP contribution is 2.34. The number of hydrogen-bond acceptors (Lipinski definition) is 5. The summed E-state index contributed by atoms with van der Waals surface area (Å²) in [5.41, 5.74) is 0.176. The maximum atomic E-state index is 11.6. The Morgan fingerprint density at radius 3 is 1.95 bits per heavy atom. The van der Waals surface area contributed by atoms with Crippen molar-refractivity contribution in [1.29, 1.82) is 0 Å². The average Bonchev–Trinajstić information content (AvgIpc) is 2.47. The molecule has 0 aliphatic heterocycles. The maximum Gasteiger partial charge on any atom is 0.345 e. The van der Waals surface area contributed by atoms with Crippen molar-refractivity contribution in [3.05, 3.63) is 33.3 Å². The monoisotopic (exact) mass is 332 g/mol. The average molecular weight is 333 g/mol. The fourth-order valence-electron chi connectivity index (χ4n) is 1.53. The van der Waals surface area contributed by atoms with Gasteiger partial charge in [-0.25, -0.2) is 9.59 Å². The Balaban J connectivity index is 3.28. The minimum atomic E-state index is -0.817. The molecule has 0 bridgehead atoms. The number of methoxy groups -OCH3 is 2. The van der Waals surface area contributed by atoms with Gasteiger partial charge in [0.15, 0.2) is 5.75 Å². The zero-order chi connectivity index (χ0) is 16.0. The normalized spacial score (nSPS) is 9.76. The molecule has 0 saturated carbocycles. The van der Waals surface area contributed by atoms with Crippen LogP contribution in [0.1, 0.15) is 12.5 Å². The molecule has 0 heterocycles. The van der Waals surface area contributed by atoms with Crippen molar-refractivity contribution in [2.24, 2.45) is 0 Å². The van der Waals surface area contributed by atoms with Crippen molar-refractivity contribution >= 4 is 41.2 Å². The predicted molar refractivity (Wildman–Crippen MR) is 79.6 cm³/mol. The van der Waals surface area contributed by atoms with Gasteiger partial charge in [0, 0.05) is 0 Å². The van der Waals surface area contributed by atoms with E-state index in [-0.39, 0.29) is 15.6 Å². The summed E-state index contributed by atoms with van der Waals surface area (Å²) in [6.07, 6.45) is 1.28. The van der Waals surface area contributed by atoms with Crippen LogP contribution in [0.5, 0.6) is 5.75 Å². The van der Waals surface area contributed by atoms with Crippen LogP contribution in [-0.4, -0.2) is 32.8 Å². The molecule has 0 aliphatic rings. The Kier molecular flexibility index (Phi) is 6.52. The Morgan fingerprint density at radius 1 is 1.10 bits per heavy atom. The van der Waals surface area contributed by atoms with E-state index >= 15 is 0 Å². The van der Waals surface area contributed by atoms with Crippen LogP contribution in [-0.2, 0) is 19.1 Å². The van der Waals surface area contributed by atoms with Crippen molar-refractivity contribution in [2.45, 2.75) is 6.92 Å². The first-order chi connectivity index (χ1) is 9.94. The highest BCUT2D eigenvalue weighted by molar-refractivity contribution is 6.37. The molecule has 21 heavy (non-hydrogen) atoms. The third kappa shape index (κ3) is 4.37. The van der Waals surface area contributed by atoms with Gasteiger partial charge in [-0.05, 0) is 30.7 Å². The quantitative estimate of drug-likeness (QED) is 0.359. The van der Waals surface area contributed by atoms with Crippen molar-refractivity contribution in [3.63, 3.8) is 0 Å². The summed E-state index contributed by atoms with van der Waals surface area (Å²) in [4.78, 5) is 23.1. The van der Waals surface area contributed by atoms with Gasteiger partial charge in [-0.15, -0.1) is 0 Å². The lowest BCUT2D eigenvalue weighted by molar-refractivity contribution is -0.143. The molecule has 0 unspecified atom stereocenters. The lowest BCUT2D eigenvalue weighted by Crippen LogP contribution is -2.15. The fraction of sp³-hybridized carbons (Fsp3) is 0.286. The third-order valence-corrected chi connectivity index (χ3v) is 2.99. The summed E-state index contributed by atoms with van der Waals surface area (Å²) in [7, 11) is 2.33. The molecule has 1 aromatic carbocycles. The molecular weight excluding hydrogens is 319 g/mol. The van der Waals surface area contributed by atoms with Crippen LogP contribution in [0.4, 0.5) is 0 Å². The maximum absolute atomic E-state index is 11.6. The van der Waals surface area contributed by atoms with Crippen molar-refractivity contribution in [2.75, 3.05) is 20.8 Å². The first-order valence-electron chi connectivity index (χ1n) is 5.94. The summed E-state index contributed by atoms with van der Waals surface area (Å²) >= 11 is 12.1. The van der Waals surface area contributed by atoms with Crippen LogP contribution in [0.15, 0.2) is 17.7 Å². The van der Waals surface area contributed by atoms with Gasteiger partial charge in [-0.1, -0.05) is 23.2 Å². The number of benzene rings is 1. The predicted octanol–water partition coefficient (Wildman–Crippen LogP) is 3.12. The number of ether oxygens (including phenoxy) is 3. The number of carbonyl (C=O) groups excluding carboxylic acids is 2. The van der Waals surface area contributed by atoms with Gasteiger partial charge in [-0.2, -0.15) is 0 Å². The molecule has 114 valence electrons. The highest BCUT2D eigenvalue weighted by atomic mass is 35.5. The van der Waals surface area contributed by atoms with Gasteiger partial charge in [0.2, 0.25) is 0 Å². The first-order valence-corrected chi connectivity index (χ1v) is 6.70. The molecule has 0 saturated heterocycles. The van der Waals surface area contributed by atoms with Gasteiger partial charge in [0.05, 0.1) is 30.9 Å². The lowest BCUT2D eigenvalue weighted by Gasteiger charge is -2.09. The second-order valence-corrected chi connectivity index (χ2v) is 4.60. The van der Waals surface area contributed by atoms with E-state index in [2.05, 4.69) is 9.47 Å². The van der Waals surface area contributed by atoms with Gasteiger partial charge >= 0.3 is 11.9 Å². The largest absolute Gasteiger partial charge is 0.491 e. The second kappa shape index (κ2) is 7.90. The minimum absolute atomic E-state index is 0.267. The molecular formula is C14H14Cl2O5. The number of halogens is 2. The van der Waals surface area contributed by atoms with E-state index in [1.54, 1.807) is 6.92 Å². The van der Waals surface area contributed by atoms with Gasteiger partial charge in [-0.3, -0.25) is 0 Å². The molecule has 0 N–H and O–H groups in total. The van der Waals surface area contributed by atoms with E-state index in [0.717, 1.165) is 14.2 Å². The van der Waals surface area contributed by atoms with Gasteiger partial charge in [0.25, 0.3) is 0 Å². The summed E-state index contributed by atoms with van der Waals surface area (Å²) in [6, 6.07) is 3.04. The van der Waals surface area contributed by atoms with E-state index in [0.29, 0.717) is 17.9 Å². The smallest absolute Gasteiger partial charge is 0.345 e. The standard InChI is InChI=1S/C14H14Cl2O5/c1-4-21-12-10(15)6-8(7-11(12)16)5-9(13(17)19-2)14(18)20-3/h5-7H,4H2,1-3H3. The fourth-order valence-corrected chi connectivity index (χ4v) is 2.15. The highest BCUT2D eigenvalue weighted by Gasteiger charge is 2.20. The van der Waals surface area contributed by atoms with Crippen LogP contribution in [0.25, 0.3) is 6.08 Å². The first kappa shape index (κ1) is 17.3. The summed E-state index contributed by atoms with van der Waals surface area (Å²) in [6.45, 7) is 2.21. The Hall–Kier alpha value is -1.72. The molecule has 0 aliphatic carbocycles. The van der Waals surface area contributed by atoms with Crippen LogP contribution in [0, 0.1) is 0 Å². The Morgan fingerprint density at radius 2 is 1.57 bits per heavy atom. The molecule has 0 amide bonds. The number of rotatable bonds is 5. The van der Waals surface area contributed by atoms with Crippen molar-refractivity contribution in [1.82, 2.24) is 0 Å². The molecule has 7 heteroatoms. The SMILES string of the molecule is CCOc1c(Cl)cc(C=C(C(=O)OC)C(=O)OC)cc1Cl. The molecule has 1 aromatic rings. The van der Waals surface area contributed by atoms with Crippen LogP contribution in [0.3, 0.4) is 0 Å². The molecule has 0 aromatic heterocycles. The summed E-state index contributed by atoms with van der Waals surface area (Å²) in [5, 5.41) is 0.536. The van der Waals surface area contributed by atoms with Gasteiger partial charge in [0.1, 0.15) is 5.57 Å². The molecule has 0 radical (unpaired) electrons. The molecule has 0 atom stereocenters. The van der Waals surface area contributed by atoms with E-state index < -0.39 is 11.9 Å². The molecule has 1 rings (SSSR count). The van der Waals surface area contributed by atoms with E-state index in [1.807, 2.05) is 0 Å². The number of carbonyl (C=O) groups is 2. The van der Waals surface area contributed by atoms with Crippen LogP contribution < -0.4 is 4.74 Å². The molecule has 5 nitrogen and oxygen atoms in total. The Bertz CT molecular complexity index is 540. The van der Waals surface area contributed by atoms with E-state index in [4.69, 9.17) is 27.9 Å². The van der Waals surface area contributed by atoms with E-state index in [1.165, 1.54) is 18.2 Å². The van der Waals surface area contributed by atoms with Crippen LogP contribution >= 0.6 is 23.2 Å². The number of hydrogen-bond donors (Lipinski definition) is 0. The number of esters is 2. The van der Waals surface area contributed by atoms with Crippen molar-refractivity contribution in [3.8, 4) is 5.75 Å². The van der Waals surface area contributed by atoms with Gasteiger partial charge < -0.3 is 14.2 Å². The van der Waals surface area contributed by atoms with Crippen LogP contribution in [0.2, 0.25) is 10.0 Å². The topological polar surface area (TPSA) is 61.8 Å². The van der Waals surface area contributed by atoms with E-state index in [9.17, 15) is 9.59 Å². The second-order valence-electron chi connectivity index (χ2n) is 3.79. The Labute approximate surface area is 132 Å². The minimum Gasteiger partial charge on any atom is -0.491 e. The molecule has 0 spiro atoms.